The number of nitrogens with one attached hydrogen (secondary N) is 1. The van der Waals surface area contributed by atoms with Crippen LogP contribution in [-0.4, -0.2) is 23.1 Å². The second-order valence-corrected chi connectivity index (χ2v) is 5.21. The minimum atomic E-state index is 0.442. The van der Waals surface area contributed by atoms with E-state index in [-0.39, 0.29) is 0 Å². The van der Waals surface area contributed by atoms with E-state index in [1.165, 1.54) is 0 Å². The molecule has 98 valence electrons. The highest BCUT2D eigenvalue weighted by Crippen LogP contribution is 2.15. The zero-order valence-electron chi connectivity index (χ0n) is 10.9. The molecular formula is C12H18N4OS. The summed E-state index contributed by atoms with van der Waals surface area (Å²) < 4.78 is 5.46. The third-order valence-corrected chi connectivity index (χ3v) is 3.08. The van der Waals surface area contributed by atoms with E-state index < -0.39 is 0 Å². The molecule has 0 fully saturated rings. The fourth-order valence-electron chi connectivity index (χ4n) is 1.49. The van der Waals surface area contributed by atoms with Gasteiger partial charge in [-0.15, -0.1) is 11.3 Å². The Labute approximate surface area is 111 Å². The van der Waals surface area contributed by atoms with Gasteiger partial charge in [0.1, 0.15) is 6.26 Å². The summed E-state index contributed by atoms with van der Waals surface area (Å²) in [6.45, 7) is 5.65. The van der Waals surface area contributed by atoms with Gasteiger partial charge in [-0.25, -0.2) is 4.98 Å². The van der Waals surface area contributed by atoms with E-state index in [4.69, 9.17) is 4.42 Å². The van der Waals surface area contributed by atoms with Crippen molar-refractivity contribution in [1.29, 1.82) is 0 Å². The summed E-state index contributed by atoms with van der Waals surface area (Å²) in [6.07, 6.45) is 1.70. The van der Waals surface area contributed by atoms with Gasteiger partial charge in [-0.2, -0.15) is 4.98 Å². The van der Waals surface area contributed by atoms with Gasteiger partial charge in [0.05, 0.1) is 23.4 Å². The summed E-state index contributed by atoms with van der Waals surface area (Å²) in [5.41, 5.74) is 3.78. The fourth-order valence-corrected chi connectivity index (χ4v) is 2.04. The van der Waals surface area contributed by atoms with Crippen LogP contribution in [-0.2, 0) is 13.1 Å². The fraction of sp³-hybridized carbons (Fsp3) is 0.500. The van der Waals surface area contributed by atoms with E-state index in [0.717, 1.165) is 17.9 Å². The van der Waals surface area contributed by atoms with Crippen molar-refractivity contribution in [3.05, 3.63) is 28.5 Å². The number of hydrogen-bond donors (Lipinski definition) is 1. The van der Waals surface area contributed by atoms with Crippen molar-refractivity contribution in [3.63, 3.8) is 0 Å². The van der Waals surface area contributed by atoms with Crippen LogP contribution in [0.2, 0.25) is 0 Å². The van der Waals surface area contributed by atoms with Gasteiger partial charge in [0.25, 0.3) is 6.01 Å². The first-order valence-corrected chi connectivity index (χ1v) is 6.85. The largest absolute Gasteiger partial charge is 0.432 e. The van der Waals surface area contributed by atoms with Gasteiger partial charge >= 0.3 is 0 Å². The molecule has 2 aromatic heterocycles. The molecule has 6 heteroatoms. The van der Waals surface area contributed by atoms with E-state index >= 15 is 0 Å². The Balaban J connectivity index is 1.92. The van der Waals surface area contributed by atoms with Crippen LogP contribution in [0.15, 0.2) is 21.6 Å². The van der Waals surface area contributed by atoms with E-state index in [1.807, 2.05) is 22.8 Å². The highest BCUT2D eigenvalue weighted by atomic mass is 32.1. The maximum Gasteiger partial charge on any atom is 0.297 e. The van der Waals surface area contributed by atoms with Crippen LogP contribution < -0.4 is 10.2 Å². The molecule has 2 aromatic rings. The molecule has 2 rings (SSSR count). The number of aromatic nitrogens is 2. The molecule has 1 N–H and O–H groups in total. The molecule has 0 saturated heterocycles. The molecule has 0 saturated carbocycles. The summed E-state index contributed by atoms with van der Waals surface area (Å²) in [7, 11) is 1.95. The molecule has 5 nitrogen and oxygen atoms in total. The van der Waals surface area contributed by atoms with Gasteiger partial charge in [-0.1, -0.05) is 13.8 Å². The van der Waals surface area contributed by atoms with E-state index in [1.54, 1.807) is 17.6 Å². The van der Waals surface area contributed by atoms with Crippen molar-refractivity contribution in [2.24, 2.45) is 0 Å². The molecule has 0 aliphatic carbocycles. The van der Waals surface area contributed by atoms with E-state index in [9.17, 15) is 0 Å². The van der Waals surface area contributed by atoms with Crippen LogP contribution in [0.5, 0.6) is 0 Å². The number of rotatable bonds is 6. The topological polar surface area (TPSA) is 54.2 Å². The highest BCUT2D eigenvalue weighted by Gasteiger charge is 2.10. The lowest BCUT2D eigenvalue weighted by atomic mass is 10.4. The second kappa shape index (κ2) is 5.97. The van der Waals surface area contributed by atoms with Crippen LogP contribution in [0, 0.1) is 0 Å². The number of thiazole rings is 1. The van der Waals surface area contributed by atoms with Crippen molar-refractivity contribution >= 4 is 17.4 Å². The monoisotopic (exact) mass is 266 g/mol. The molecule has 0 atom stereocenters. The molecule has 0 unspecified atom stereocenters. The third kappa shape index (κ3) is 3.54. The van der Waals surface area contributed by atoms with Gasteiger partial charge in [-0.05, 0) is 0 Å². The summed E-state index contributed by atoms with van der Waals surface area (Å²) in [6, 6.07) is 1.07. The third-order valence-electron chi connectivity index (χ3n) is 2.44. The normalized spacial score (nSPS) is 11.1. The maximum atomic E-state index is 5.46. The predicted molar refractivity (Wildman–Crippen MR) is 72.7 cm³/mol. The van der Waals surface area contributed by atoms with Gasteiger partial charge in [0.15, 0.2) is 0 Å². The Hall–Kier alpha value is -1.40. The highest BCUT2D eigenvalue weighted by molar-refractivity contribution is 7.07. The summed E-state index contributed by atoms with van der Waals surface area (Å²) in [5, 5.41) is 5.34. The Morgan fingerprint density at radius 3 is 2.94 bits per heavy atom. The zero-order valence-corrected chi connectivity index (χ0v) is 11.7. The smallest absolute Gasteiger partial charge is 0.297 e. The molecule has 0 aliphatic heterocycles. The molecule has 2 heterocycles. The zero-order chi connectivity index (χ0) is 13.0. The van der Waals surface area contributed by atoms with E-state index in [2.05, 4.69) is 29.1 Å². The summed E-state index contributed by atoms with van der Waals surface area (Å²) in [5.74, 6) is 0. The van der Waals surface area contributed by atoms with Gasteiger partial charge in [-0.3, -0.25) is 0 Å². The molecular weight excluding hydrogens is 248 g/mol. The van der Waals surface area contributed by atoms with Gasteiger partial charge in [0.2, 0.25) is 0 Å². The van der Waals surface area contributed by atoms with Gasteiger partial charge in [0, 0.05) is 25.0 Å². The molecule has 18 heavy (non-hydrogen) atoms. The molecule has 0 aromatic carbocycles. The molecule has 0 radical (unpaired) electrons. The van der Waals surface area contributed by atoms with E-state index in [0.29, 0.717) is 18.6 Å². The Morgan fingerprint density at radius 1 is 1.44 bits per heavy atom. The quantitative estimate of drug-likeness (QED) is 0.869. The van der Waals surface area contributed by atoms with Gasteiger partial charge < -0.3 is 14.6 Å². The average molecular weight is 266 g/mol. The lowest BCUT2D eigenvalue weighted by molar-refractivity contribution is 0.539. The maximum absolute atomic E-state index is 5.46. The molecule has 0 amide bonds. The lowest BCUT2D eigenvalue weighted by Crippen LogP contribution is -2.22. The van der Waals surface area contributed by atoms with Crippen molar-refractivity contribution in [3.8, 4) is 0 Å². The summed E-state index contributed by atoms with van der Waals surface area (Å²) >= 11 is 1.59. The lowest BCUT2D eigenvalue weighted by Gasteiger charge is -2.12. The number of nitrogens with zero attached hydrogens (tertiary/aromatic N) is 3. The van der Waals surface area contributed by atoms with Crippen LogP contribution in [0.4, 0.5) is 6.01 Å². The second-order valence-electron chi connectivity index (χ2n) is 4.49. The minimum absolute atomic E-state index is 0.442. The van der Waals surface area contributed by atoms with Crippen molar-refractivity contribution in [2.75, 3.05) is 11.9 Å². The Kier molecular flexibility index (Phi) is 4.33. The average Bonchev–Trinajstić information content (AvgIpc) is 2.96. The van der Waals surface area contributed by atoms with Crippen LogP contribution in [0.1, 0.15) is 25.2 Å². The van der Waals surface area contributed by atoms with Crippen LogP contribution in [0.3, 0.4) is 0 Å². The Bertz CT molecular complexity index is 466. The first-order valence-electron chi connectivity index (χ1n) is 5.91. The SMILES string of the molecule is CC(C)NCc1coc(N(C)Cc2cscn2)n1. The number of hydrogen-bond acceptors (Lipinski definition) is 6. The summed E-state index contributed by atoms with van der Waals surface area (Å²) in [4.78, 5) is 10.6. The number of oxazole rings is 1. The van der Waals surface area contributed by atoms with Crippen LogP contribution >= 0.6 is 11.3 Å². The predicted octanol–water partition coefficient (Wildman–Crippen LogP) is 2.27. The first kappa shape index (κ1) is 13.0. The van der Waals surface area contributed by atoms with Crippen molar-refractivity contribution in [1.82, 2.24) is 15.3 Å². The standard InChI is InChI=1S/C12H18N4OS/c1-9(2)13-4-10-6-17-12(15-10)16(3)5-11-7-18-8-14-11/h6-9,13H,4-5H2,1-3H3. The number of anilines is 1. The molecule has 0 bridgehead atoms. The molecule has 0 spiro atoms. The van der Waals surface area contributed by atoms with Crippen LogP contribution in [0.25, 0.3) is 0 Å². The first-order chi connectivity index (χ1) is 8.65. The minimum Gasteiger partial charge on any atom is -0.432 e. The van der Waals surface area contributed by atoms with Crippen molar-refractivity contribution in [2.45, 2.75) is 33.0 Å². The Morgan fingerprint density at radius 2 is 2.28 bits per heavy atom. The molecule has 0 aliphatic rings. The van der Waals surface area contributed by atoms with Crippen molar-refractivity contribution < 1.29 is 4.42 Å².